The highest BCUT2D eigenvalue weighted by Gasteiger charge is 2.33. The lowest BCUT2D eigenvalue weighted by Gasteiger charge is -2.10. The first-order valence-electron chi connectivity index (χ1n) is 6.85. The molecule has 0 aliphatic heterocycles. The summed E-state index contributed by atoms with van der Waals surface area (Å²) < 4.78 is 40.8. The minimum absolute atomic E-state index is 0.0484. The van der Waals surface area contributed by atoms with Gasteiger partial charge in [0.25, 0.3) is 5.91 Å². The molecule has 10 heteroatoms. The quantitative estimate of drug-likeness (QED) is 0.636. The number of rotatable bonds is 2. The van der Waals surface area contributed by atoms with Crippen molar-refractivity contribution in [2.75, 3.05) is 5.32 Å². The van der Waals surface area contributed by atoms with Crippen molar-refractivity contribution < 1.29 is 18.0 Å². The van der Waals surface area contributed by atoms with Crippen LogP contribution in [0, 0.1) is 6.92 Å². The predicted molar refractivity (Wildman–Crippen MR) is 89.8 cm³/mol. The van der Waals surface area contributed by atoms with Crippen LogP contribution in [0.25, 0.3) is 5.65 Å². The topological polar surface area (TPSA) is 59.3 Å². The minimum atomic E-state index is -4.60. The number of carbonyl (C=O) groups is 1. The molecule has 5 nitrogen and oxygen atoms in total. The number of hydrogen-bond donors (Lipinski definition) is 1. The number of pyridine rings is 2. The first-order chi connectivity index (χ1) is 11.7. The van der Waals surface area contributed by atoms with E-state index in [9.17, 15) is 18.0 Å². The highest BCUT2D eigenvalue weighted by molar-refractivity contribution is 9.10. The van der Waals surface area contributed by atoms with E-state index in [1.54, 1.807) is 12.1 Å². The van der Waals surface area contributed by atoms with Crippen molar-refractivity contribution in [1.29, 1.82) is 0 Å². The van der Waals surface area contributed by atoms with E-state index in [1.807, 2.05) is 0 Å². The van der Waals surface area contributed by atoms with Gasteiger partial charge < -0.3 is 5.32 Å². The van der Waals surface area contributed by atoms with E-state index >= 15 is 0 Å². The van der Waals surface area contributed by atoms with Gasteiger partial charge in [0.05, 0.1) is 16.3 Å². The summed E-state index contributed by atoms with van der Waals surface area (Å²) in [4.78, 5) is 20.6. The summed E-state index contributed by atoms with van der Waals surface area (Å²) in [6.45, 7) is 1.51. The summed E-state index contributed by atoms with van der Waals surface area (Å²) in [7, 11) is 0. The van der Waals surface area contributed by atoms with Gasteiger partial charge in [-0.15, -0.1) is 0 Å². The Balaban J connectivity index is 2.08. The Kier molecular flexibility index (Phi) is 4.46. The average molecular weight is 434 g/mol. The van der Waals surface area contributed by atoms with Gasteiger partial charge in [0.15, 0.2) is 5.65 Å². The molecule has 0 spiro atoms. The van der Waals surface area contributed by atoms with Gasteiger partial charge in [-0.3, -0.25) is 9.20 Å². The summed E-state index contributed by atoms with van der Waals surface area (Å²) in [5.41, 5.74) is -0.706. The molecule has 3 rings (SSSR count). The molecule has 1 N–H and O–H groups in total. The molecule has 0 bridgehead atoms. The van der Waals surface area contributed by atoms with Gasteiger partial charge in [-0.2, -0.15) is 13.2 Å². The fourth-order valence-electron chi connectivity index (χ4n) is 2.27. The van der Waals surface area contributed by atoms with Crippen molar-refractivity contribution in [3.8, 4) is 0 Å². The van der Waals surface area contributed by atoms with Crippen LogP contribution in [0.4, 0.5) is 19.0 Å². The molecule has 3 heterocycles. The summed E-state index contributed by atoms with van der Waals surface area (Å²) >= 11 is 9.12. The van der Waals surface area contributed by atoms with Gasteiger partial charge in [-0.25, -0.2) is 9.97 Å². The largest absolute Gasteiger partial charge is 0.417 e. The Labute approximate surface area is 153 Å². The molecule has 0 radical (unpaired) electrons. The Morgan fingerprint density at radius 1 is 1.36 bits per heavy atom. The molecule has 0 atom stereocenters. The van der Waals surface area contributed by atoms with Crippen molar-refractivity contribution in [3.63, 3.8) is 0 Å². The summed E-state index contributed by atoms with van der Waals surface area (Å²) in [5, 5.41) is 2.33. The first-order valence-corrected chi connectivity index (χ1v) is 8.02. The van der Waals surface area contributed by atoms with Crippen molar-refractivity contribution in [1.82, 2.24) is 14.4 Å². The van der Waals surface area contributed by atoms with Crippen LogP contribution < -0.4 is 5.32 Å². The maximum atomic E-state index is 13.0. The maximum Gasteiger partial charge on any atom is 0.417 e. The Bertz CT molecular complexity index is 970. The summed E-state index contributed by atoms with van der Waals surface area (Å²) in [5.74, 6) is -0.393. The Hall–Kier alpha value is -2.13. The van der Waals surface area contributed by atoms with E-state index in [0.29, 0.717) is 0 Å². The number of halogens is 5. The molecule has 0 aliphatic rings. The molecule has 0 fully saturated rings. The molecule has 0 unspecified atom stereocenters. The number of anilines is 1. The molecule has 130 valence electrons. The maximum absolute atomic E-state index is 13.0. The predicted octanol–water partition coefficient (Wildman–Crippen LogP) is 4.72. The zero-order valence-electron chi connectivity index (χ0n) is 12.5. The van der Waals surface area contributed by atoms with Gasteiger partial charge in [-0.1, -0.05) is 11.6 Å². The third kappa shape index (κ3) is 3.47. The van der Waals surface area contributed by atoms with Crippen LogP contribution in [-0.4, -0.2) is 20.3 Å². The lowest BCUT2D eigenvalue weighted by Crippen LogP contribution is -2.17. The molecule has 0 saturated heterocycles. The van der Waals surface area contributed by atoms with Crippen LogP contribution in [0.2, 0.25) is 5.02 Å². The summed E-state index contributed by atoms with van der Waals surface area (Å²) in [6, 6.07) is 4.00. The van der Waals surface area contributed by atoms with Crippen LogP contribution in [0.15, 0.2) is 35.1 Å². The van der Waals surface area contributed by atoms with Crippen LogP contribution in [-0.2, 0) is 6.18 Å². The molecular weight excluding hydrogens is 425 g/mol. The van der Waals surface area contributed by atoms with Gasteiger partial charge in [0, 0.05) is 16.9 Å². The fraction of sp³-hybridized carbons (Fsp3) is 0.133. The number of carbonyl (C=O) groups excluding carboxylic acids is 1. The van der Waals surface area contributed by atoms with Gasteiger partial charge in [-0.05, 0) is 41.1 Å². The van der Waals surface area contributed by atoms with Crippen LogP contribution in [0.5, 0.6) is 0 Å². The second kappa shape index (κ2) is 6.30. The summed E-state index contributed by atoms with van der Waals surface area (Å²) in [6.07, 6.45) is -2.32. The van der Waals surface area contributed by atoms with E-state index in [0.717, 1.165) is 21.1 Å². The van der Waals surface area contributed by atoms with E-state index in [2.05, 4.69) is 31.2 Å². The average Bonchev–Trinajstić information content (AvgIpc) is 2.85. The monoisotopic (exact) mass is 432 g/mol. The van der Waals surface area contributed by atoms with Gasteiger partial charge in [0.1, 0.15) is 11.5 Å². The standard InChI is InChI=1S/C15H9BrClF3N4O/c1-7-12(14(25)23-11-3-2-9(16)5-21-11)24-6-8(15(18,19)20)4-10(17)13(24)22-7/h2-6H,1H3,(H,21,23,25). The van der Waals surface area contributed by atoms with Crippen molar-refractivity contribution in [2.45, 2.75) is 13.1 Å². The molecule has 0 saturated carbocycles. The SMILES string of the molecule is Cc1nc2c(Cl)cc(C(F)(F)F)cn2c1C(=O)Nc1ccc(Br)cn1. The van der Waals surface area contributed by atoms with E-state index in [1.165, 1.54) is 13.1 Å². The Morgan fingerprint density at radius 2 is 2.08 bits per heavy atom. The number of aryl methyl sites for hydroxylation is 1. The fourth-order valence-corrected chi connectivity index (χ4v) is 2.76. The van der Waals surface area contributed by atoms with Gasteiger partial charge in [0.2, 0.25) is 0 Å². The first kappa shape index (κ1) is 17.7. The van der Waals surface area contributed by atoms with Gasteiger partial charge >= 0.3 is 6.18 Å². The normalized spacial score (nSPS) is 11.8. The van der Waals surface area contributed by atoms with Crippen molar-refractivity contribution >= 4 is 44.9 Å². The zero-order valence-corrected chi connectivity index (χ0v) is 14.9. The third-order valence-electron chi connectivity index (χ3n) is 3.36. The molecule has 1 amide bonds. The van der Waals surface area contributed by atoms with E-state index in [4.69, 9.17) is 11.6 Å². The second-order valence-electron chi connectivity index (χ2n) is 5.13. The van der Waals surface area contributed by atoms with E-state index < -0.39 is 17.6 Å². The van der Waals surface area contributed by atoms with Crippen LogP contribution in [0.1, 0.15) is 21.7 Å². The number of nitrogens with zero attached hydrogens (tertiary/aromatic N) is 3. The van der Waals surface area contributed by atoms with E-state index in [-0.39, 0.29) is 27.9 Å². The van der Waals surface area contributed by atoms with Crippen molar-refractivity contribution in [2.24, 2.45) is 0 Å². The number of fused-ring (bicyclic) bond motifs is 1. The molecule has 3 aromatic heterocycles. The number of alkyl halides is 3. The lowest BCUT2D eigenvalue weighted by atomic mass is 10.2. The Morgan fingerprint density at radius 3 is 2.68 bits per heavy atom. The molecule has 25 heavy (non-hydrogen) atoms. The molecule has 0 aromatic carbocycles. The highest BCUT2D eigenvalue weighted by Crippen LogP contribution is 2.33. The smallest absolute Gasteiger partial charge is 0.305 e. The molecule has 3 aromatic rings. The number of imidazole rings is 1. The lowest BCUT2D eigenvalue weighted by molar-refractivity contribution is -0.137. The number of hydrogen-bond acceptors (Lipinski definition) is 3. The molecule has 0 aliphatic carbocycles. The third-order valence-corrected chi connectivity index (χ3v) is 4.11. The number of amides is 1. The van der Waals surface area contributed by atoms with Crippen molar-refractivity contribution in [3.05, 3.63) is 57.0 Å². The number of nitrogens with one attached hydrogen (secondary N) is 1. The highest BCUT2D eigenvalue weighted by atomic mass is 79.9. The second-order valence-corrected chi connectivity index (χ2v) is 6.45. The molecular formula is C15H9BrClF3N4O. The zero-order chi connectivity index (χ0) is 18.4. The van der Waals surface area contributed by atoms with Crippen LogP contribution >= 0.6 is 27.5 Å². The number of aromatic nitrogens is 3. The van der Waals surface area contributed by atoms with Crippen LogP contribution in [0.3, 0.4) is 0 Å². The minimum Gasteiger partial charge on any atom is -0.305 e.